The Kier molecular flexibility index (Phi) is 6.79. The van der Waals surface area contributed by atoms with E-state index in [0.29, 0.717) is 42.8 Å². The largest absolute Gasteiger partial charge is 0.489 e. The van der Waals surface area contributed by atoms with Gasteiger partial charge in [0.25, 0.3) is 0 Å². The van der Waals surface area contributed by atoms with Crippen LogP contribution in [0.15, 0.2) is 17.1 Å². The predicted octanol–water partition coefficient (Wildman–Crippen LogP) is 3.83. The molecule has 0 amide bonds. The number of hydrogen-bond donors (Lipinski definition) is 2. The van der Waals surface area contributed by atoms with Gasteiger partial charge in [-0.1, -0.05) is 11.6 Å². The number of rotatable bonds is 5. The van der Waals surface area contributed by atoms with E-state index >= 15 is 0 Å². The molecule has 0 bridgehead atoms. The van der Waals surface area contributed by atoms with Crippen LogP contribution in [0.5, 0.6) is 11.5 Å². The Morgan fingerprint density at radius 3 is 2.81 bits per heavy atom. The lowest BCUT2D eigenvalue weighted by molar-refractivity contribution is 0.297. The molecular formula is C19H25ClN4O2S. The summed E-state index contributed by atoms with van der Waals surface area (Å²) in [6.45, 7) is 9.33. The third-order valence-corrected chi connectivity index (χ3v) is 5.40. The number of aromatic nitrogens is 1. The fraction of sp³-hybridized carbons (Fsp3) is 0.474. The zero-order valence-corrected chi connectivity index (χ0v) is 17.5. The maximum Gasteiger partial charge on any atom is 0.191 e. The molecule has 1 aliphatic rings. The third-order valence-electron chi connectivity index (χ3n) is 4.04. The minimum Gasteiger partial charge on any atom is -0.489 e. The van der Waals surface area contributed by atoms with Gasteiger partial charge in [-0.05, 0) is 38.5 Å². The number of ether oxygens (including phenoxy) is 2. The van der Waals surface area contributed by atoms with E-state index in [1.165, 1.54) is 4.88 Å². The Hall–Kier alpha value is -1.99. The molecule has 0 radical (unpaired) electrons. The highest BCUT2D eigenvalue weighted by Crippen LogP contribution is 2.38. The van der Waals surface area contributed by atoms with Gasteiger partial charge in [-0.3, -0.25) is 0 Å². The molecule has 0 unspecified atom stereocenters. The van der Waals surface area contributed by atoms with Crippen LogP contribution in [0.2, 0.25) is 5.02 Å². The molecule has 2 heterocycles. The van der Waals surface area contributed by atoms with Crippen LogP contribution in [0.3, 0.4) is 0 Å². The molecule has 27 heavy (non-hydrogen) atoms. The molecule has 1 aliphatic heterocycles. The number of aryl methyl sites for hydroxylation is 2. The second-order valence-electron chi connectivity index (χ2n) is 6.25. The summed E-state index contributed by atoms with van der Waals surface area (Å²) in [6, 6.07) is 3.84. The van der Waals surface area contributed by atoms with E-state index in [1.807, 2.05) is 32.9 Å². The summed E-state index contributed by atoms with van der Waals surface area (Å²) in [5.41, 5.74) is 2.04. The van der Waals surface area contributed by atoms with Crippen LogP contribution in [-0.2, 0) is 13.1 Å². The minimum atomic E-state index is 0.492. The van der Waals surface area contributed by atoms with Crippen molar-refractivity contribution >= 4 is 28.9 Å². The van der Waals surface area contributed by atoms with Crippen molar-refractivity contribution in [2.75, 3.05) is 19.8 Å². The Bertz CT molecular complexity index is 822. The van der Waals surface area contributed by atoms with Gasteiger partial charge in [-0.15, -0.1) is 11.3 Å². The molecule has 2 aromatic rings. The molecule has 0 saturated heterocycles. The van der Waals surface area contributed by atoms with Crippen LogP contribution in [0.1, 0.15) is 34.5 Å². The van der Waals surface area contributed by atoms with E-state index < -0.39 is 0 Å². The zero-order valence-electron chi connectivity index (χ0n) is 15.9. The minimum absolute atomic E-state index is 0.492. The van der Waals surface area contributed by atoms with Crippen molar-refractivity contribution in [3.05, 3.63) is 38.3 Å². The van der Waals surface area contributed by atoms with E-state index in [-0.39, 0.29) is 0 Å². The molecule has 1 aromatic heterocycles. The molecular weight excluding hydrogens is 384 g/mol. The smallest absolute Gasteiger partial charge is 0.191 e. The van der Waals surface area contributed by atoms with E-state index in [0.717, 1.165) is 35.2 Å². The van der Waals surface area contributed by atoms with Crippen molar-refractivity contribution in [2.45, 2.75) is 40.3 Å². The van der Waals surface area contributed by atoms with Crippen LogP contribution < -0.4 is 20.1 Å². The van der Waals surface area contributed by atoms with Crippen molar-refractivity contribution in [2.24, 2.45) is 4.99 Å². The third kappa shape index (κ3) is 5.26. The number of aliphatic imine (C=N–C) groups is 1. The zero-order chi connectivity index (χ0) is 19.2. The molecule has 0 spiro atoms. The molecule has 3 rings (SSSR count). The fourth-order valence-electron chi connectivity index (χ4n) is 2.79. The first-order valence-corrected chi connectivity index (χ1v) is 10.3. The highest BCUT2D eigenvalue weighted by atomic mass is 35.5. The highest BCUT2D eigenvalue weighted by Gasteiger charge is 2.15. The van der Waals surface area contributed by atoms with Gasteiger partial charge in [0.2, 0.25) is 0 Å². The number of fused-ring (bicyclic) bond motifs is 1. The lowest BCUT2D eigenvalue weighted by Crippen LogP contribution is -2.36. The number of benzene rings is 1. The summed E-state index contributed by atoms with van der Waals surface area (Å²) >= 11 is 8.07. The highest BCUT2D eigenvalue weighted by molar-refractivity contribution is 7.11. The first-order valence-electron chi connectivity index (χ1n) is 9.10. The normalized spacial score (nSPS) is 14.0. The van der Waals surface area contributed by atoms with Gasteiger partial charge in [-0.2, -0.15) is 0 Å². The van der Waals surface area contributed by atoms with E-state index in [2.05, 4.69) is 20.6 Å². The molecule has 0 atom stereocenters. The maximum atomic E-state index is 6.37. The molecule has 0 aliphatic carbocycles. The first kappa shape index (κ1) is 19.8. The van der Waals surface area contributed by atoms with Gasteiger partial charge in [0.1, 0.15) is 0 Å². The van der Waals surface area contributed by atoms with Gasteiger partial charge >= 0.3 is 0 Å². The summed E-state index contributed by atoms with van der Waals surface area (Å²) in [5, 5.41) is 8.28. The fourth-order valence-corrected chi connectivity index (χ4v) is 3.95. The van der Waals surface area contributed by atoms with Gasteiger partial charge in [0.05, 0.1) is 42.0 Å². The quantitative estimate of drug-likeness (QED) is 0.581. The Morgan fingerprint density at radius 1 is 1.26 bits per heavy atom. The Labute approximate surface area is 169 Å². The van der Waals surface area contributed by atoms with Gasteiger partial charge in [0.15, 0.2) is 17.5 Å². The summed E-state index contributed by atoms with van der Waals surface area (Å²) in [7, 11) is 0. The van der Waals surface area contributed by atoms with Crippen molar-refractivity contribution in [3.8, 4) is 11.5 Å². The average Bonchev–Trinajstić information content (AvgIpc) is 2.82. The van der Waals surface area contributed by atoms with E-state index in [9.17, 15) is 0 Å². The van der Waals surface area contributed by atoms with Gasteiger partial charge in [0, 0.05) is 17.8 Å². The molecule has 1 aromatic carbocycles. The predicted molar refractivity (Wildman–Crippen MR) is 110 cm³/mol. The Balaban J connectivity index is 1.70. The topological polar surface area (TPSA) is 67.8 Å². The average molecular weight is 409 g/mol. The summed E-state index contributed by atoms with van der Waals surface area (Å²) < 4.78 is 11.4. The molecule has 6 nitrogen and oxygen atoms in total. The monoisotopic (exact) mass is 408 g/mol. The van der Waals surface area contributed by atoms with Gasteiger partial charge in [-0.25, -0.2) is 9.98 Å². The van der Waals surface area contributed by atoms with Crippen LogP contribution in [0, 0.1) is 13.8 Å². The van der Waals surface area contributed by atoms with Crippen molar-refractivity contribution in [1.29, 1.82) is 0 Å². The van der Waals surface area contributed by atoms with Crippen molar-refractivity contribution < 1.29 is 9.47 Å². The van der Waals surface area contributed by atoms with E-state index in [4.69, 9.17) is 21.1 Å². The molecule has 2 N–H and O–H groups in total. The number of thiazole rings is 1. The second-order valence-corrected chi connectivity index (χ2v) is 7.94. The lowest BCUT2D eigenvalue weighted by Gasteiger charge is -2.13. The number of nitrogens with zero attached hydrogens (tertiary/aromatic N) is 2. The van der Waals surface area contributed by atoms with Crippen LogP contribution in [0.4, 0.5) is 0 Å². The van der Waals surface area contributed by atoms with Crippen molar-refractivity contribution in [3.63, 3.8) is 0 Å². The molecule has 8 heteroatoms. The summed E-state index contributed by atoms with van der Waals surface area (Å²) in [6.07, 6.45) is 0.851. The van der Waals surface area contributed by atoms with Crippen LogP contribution in [0.25, 0.3) is 0 Å². The van der Waals surface area contributed by atoms with Crippen LogP contribution in [-0.4, -0.2) is 30.7 Å². The van der Waals surface area contributed by atoms with Gasteiger partial charge < -0.3 is 20.1 Å². The molecule has 146 valence electrons. The number of halogens is 1. The van der Waals surface area contributed by atoms with Crippen LogP contribution >= 0.6 is 22.9 Å². The Morgan fingerprint density at radius 2 is 2.07 bits per heavy atom. The maximum absolute atomic E-state index is 6.37. The van der Waals surface area contributed by atoms with Crippen molar-refractivity contribution in [1.82, 2.24) is 15.6 Å². The molecule has 0 fully saturated rings. The number of hydrogen-bond acceptors (Lipinski definition) is 5. The van der Waals surface area contributed by atoms with E-state index in [1.54, 1.807) is 11.3 Å². The lowest BCUT2D eigenvalue weighted by atomic mass is 10.2. The molecule has 0 saturated carbocycles. The summed E-state index contributed by atoms with van der Waals surface area (Å²) in [4.78, 5) is 10.4. The SMILES string of the molecule is CCNC(=NCc1cc(Cl)c2c(c1)OCCCO2)NCc1sc(C)nc1C. The summed E-state index contributed by atoms with van der Waals surface area (Å²) in [5.74, 6) is 2.08. The second kappa shape index (κ2) is 9.28. The number of nitrogens with one attached hydrogen (secondary N) is 2. The number of guanidine groups is 1. The first-order chi connectivity index (χ1) is 13.1. The standard InChI is InChI=1S/C19H25ClN4O2S/c1-4-21-19(23-11-17-12(2)24-13(3)27-17)22-10-14-8-15(20)18-16(9-14)25-6-5-7-26-18/h8-9H,4-7,10-11H2,1-3H3,(H2,21,22,23).